The first kappa shape index (κ1) is 11.0. The largest absolute Gasteiger partial charge is 0.312 e. The van der Waals surface area contributed by atoms with Crippen LogP contribution in [0.1, 0.15) is 11.3 Å². The highest BCUT2D eigenvalue weighted by atomic mass is 35.5. The molecule has 16 heavy (non-hydrogen) atoms. The van der Waals surface area contributed by atoms with E-state index in [2.05, 4.69) is 20.4 Å². The van der Waals surface area contributed by atoms with Crippen LogP contribution in [0.3, 0.4) is 0 Å². The van der Waals surface area contributed by atoms with E-state index in [9.17, 15) is 0 Å². The third-order valence-corrected chi connectivity index (χ3v) is 2.60. The molecule has 5 nitrogen and oxygen atoms in total. The minimum absolute atomic E-state index is 0. The minimum atomic E-state index is 0. The molecule has 6 heteroatoms. The lowest BCUT2D eigenvalue weighted by Crippen LogP contribution is -2.24. The standard InChI is InChI=1S/C10H11N5.ClH/c1-2-11-3-8-4-14-15(10(1)8)9-5-12-7-13-6-9;/h4-7,11H,1-3H2;1H. The molecule has 0 saturated heterocycles. The summed E-state index contributed by atoms with van der Waals surface area (Å²) in [6.45, 7) is 1.91. The van der Waals surface area contributed by atoms with Gasteiger partial charge in [0, 0.05) is 25.1 Å². The summed E-state index contributed by atoms with van der Waals surface area (Å²) in [5.74, 6) is 0. The Balaban J connectivity index is 0.000000963. The Morgan fingerprint density at radius 1 is 1.19 bits per heavy atom. The van der Waals surface area contributed by atoms with Gasteiger partial charge >= 0.3 is 0 Å². The van der Waals surface area contributed by atoms with Gasteiger partial charge in [0.15, 0.2) is 0 Å². The highest BCUT2D eigenvalue weighted by Gasteiger charge is 2.15. The van der Waals surface area contributed by atoms with Gasteiger partial charge in [-0.05, 0) is 0 Å². The van der Waals surface area contributed by atoms with Crippen LogP contribution in [0.15, 0.2) is 24.9 Å². The van der Waals surface area contributed by atoms with Gasteiger partial charge < -0.3 is 5.32 Å². The topological polar surface area (TPSA) is 55.6 Å². The lowest BCUT2D eigenvalue weighted by Gasteiger charge is -2.14. The van der Waals surface area contributed by atoms with Gasteiger partial charge in [-0.15, -0.1) is 12.4 Å². The molecule has 2 aromatic rings. The summed E-state index contributed by atoms with van der Waals surface area (Å²) in [6, 6.07) is 0. The van der Waals surface area contributed by atoms with Crippen LogP contribution < -0.4 is 5.32 Å². The zero-order chi connectivity index (χ0) is 10.1. The van der Waals surface area contributed by atoms with E-state index in [-0.39, 0.29) is 12.4 Å². The molecule has 0 atom stereocenters. The molecule has 1 aliphatic rings. The molecular weight excluding hydrogens is 226 g/mol. The van der Waals surface area contributed by atoms with Gasteiger partial charge in [0.1, 0.15) is 12.0 Å². The zero-order valence-corrected chi connectivity index (χ0v) is 9.44. The maximum Gasteiger partial charge on any atom is 0.115 e. The number of nitrogens with zero attached hydrogens (tertiary/aromatic N) is 4. The summed E-state index contributed by atoms with van der Waals surface area (Å²) < 4.78 is 1.93. The highest BCUT2D eigenvalue weighted by Crippen LogP contribution is 2.16. The average Bonchev–Trinajstić information content (AvgIpc) is 2.74. The van der Waals surface area contributed by atoms with Gasteiger partial charge in [-0.2, -0.15) is 5.10 Å². The van der Waals surface area contributed by atoms with Crippen molar-refractivity contribution >= 4 is 12.4 Å². The Morgan fingerprint density at radius 3 is 2.81 bits per heavy atom. The molecule has 84 valence electrons. The van der Waals surface area contributed by atoms with E-state index in [4.69, 9.17) is 0 Å². The molecule has 0 saturated carbocycles. The average molecular weight is 238 g/mol. The van der Waals surface area contributed by atoms with E-state index in [0.29, 0.717) is 0 Å². The predicted octanol–water partition coefficient (Wildman–Crippen LogP) is 0.730. The van der Waals surface area contributed by atoms with Gasteiger partial charge in [-0.1, -0.05) is 0 Å². The second-order valence-electron chi connectivity index (χ2n) is 3.55. The molecule has 2 aromatic heterocycles. The Kier molecular flexibility index (Phi) is 3.17. The molecule has 0 spiro atoms. The highest BCUT2D eigenvalue weighted by molar-refractivity contribution is 5.85. The van der Waals surface area contributed by atoms with E-state index in [1.54, 1.807) is 12.4 Å². The number of hydrogen-bond donors (Lipinski definition) is 1. The van der Waals surface area contributed by atoms with E-state index in [0.717, 1.165) is 25.2 Å². The van der Waals surface area contributed by atoms with Crippen molar-refractivity contribution in [2.24, 2.45) is 0 Å². The van der Waals surface area contributed by atoms with Crippen molar-refractivity contribution in [3.05, 3.63) is 36.2 Å². The molecule has 1 aliphatic heterocycles. The van der Waals surface area contributed by atoms with Crippen molar-refractivity contribution in [3.63, 3.8) is 0 Å². The third kappa shape index (κ3) is 1.79. The van der Waals surface area contributed by atoms with Crippen molar-refractivity contribution in [2.75, 3.05) is 6.54 Å². The van der Waals surface area contributed by atoms with Crippen LogP contribution in [-0.2, 0) is 13.0 Å². The minimum Gasteiger partial charge on any atom is -0.312 e. The molecule has 0 radical (unpaired) electrons. The summed E-state index contributed by atoms with van der Waals surface area (Å²) >= 11 is 0. The molecule has 0 bridgehead atoms. The quantitative estimate of drug-likeness (QED) is 0.795. The number of nitrogens with one attached hydrogen (secondary N) is 1. The fourth-order valence-electron chi connectivity index (χ4n) is 1.87. The number of hydrogen-bond acceptors (Lipinski definition) is 4. The van der Waals surface area contributed by atoms with Crippen LogP contribution in [0.25, 0.3) is 5.69 Å². The summed E-state index contributed by atoms with van der Waals surface area (Å²) in [5, 5.41) is 7.69. The van der Waals surface area contributed by atoms with Gasteiger partial charge in [-0.3, -0.25) is 0 Å². The Morgan fingerprint density at radius 2 is 2.00 bits per heavy atom. The molecule has 3 rings (SSSR count). The van der Waals surface area contributed by atoms with Gasteiger partial charge in [0.25, 0.3) is 0 Å². The Bertz CT molecular complexity index is 467. The van der Waals surface area contributed by atoms with Crippen molar-refractivity contribution < 1.29 is 0 Å². The molecule has 1 N–H and O–H groups in total. The molecule has 0 aromatic carbocycles. The predicted molar refractivity (Wildman–Crippen MR) is 61.8 cm³/mol. The number of aromatic nitrogens is 4. The van der Waals surface area contributed by atoms with Crippen molar-refractivity contribution in [1.29, 1.82) is 0 Å². The third-order valence-electron chi connectivity index (χ3n) is 2.60. The van der Waals surface area contributed by atoms with Crippen molar-refractivity contribution in [3.8, 4) is 5.69 Å². The lowest BCUT2D eigenvalue weighted by molar-refractivity contribution is 0.622. The maximum atomic E-state index is 4.36. The molecule has 0 fully saturated rings. The monoisotopic (exact) mass is 237 g/mol. The van der Waals surface area contributed by atoms with E-state index in [1.165, 1.54) is 17.6 Å². The summed E-state index contributed by atoms with van der Waals surface area (Å²) in [4.78, 5) is 8.00. The van der Waals surface area contributed by atoms with E-state index in [1.807, 2.05) is 10.9 Å². The second kappa shape index (κ2) is 4.59. The first-order chi connectivity index (χ1) is 7.45. The summed E-state index contributed by atoms with van der Waals surface area (Å²) in [5.41, 5.74) is 3.47. The fraction of sp³-hybridized carbons (Fsp3) is 0.300. The Hall–Kier alpha value is -1.46. The van der Waals surface area contributed by atoms with Gasteiger partial charge in [-0.25, -0.2) is 14.6 Å². The number of halogens is 1. The SMILES string of the molecule is Cl.c1ncc(-n2ncc3c2CCNC3)cn1. The first-order valence-electron chi connectivity index (χ1n) is 4.97. The summed E-state index contributed by atoms with van der Waals surface area (Å²) in [6.07, 6.45) is 8.00. The summed E-state index contributed by atoms with van der Waals surface area (Å²) in [7, 11) is 0. The van der Waals surface area contributed by atoms with Crippen LogP contribution in [0.4, 0.5) is 0 Å². The number of rotatable bonds is 1. The molecule has 0 amide bonds. The second-order valence-corrected chi connectivity index (χ2v) is 3.55. The van der Waals surface area contributed by atoms with Gasteiger partial charge in [0.05, 0.1) is 24.3 Å². The van der Waals surface area contributed by atoms with Crippen LogP contribution >= 0.6 is 12.4 Å². The zero-order valence-electron chi connectivity index (χ0n) is 8.63. The molecule has 0 aliphatic carbocycles. The number of fused-ring (bicyclic) bond motifs is 1. The normalized spacial score (nSPS) is 14.0. The smallest absolute Gasteiger partial charge is 0.115 e. The maximum absolute atomic E-state index is 4.36. The Labute approximate surface area is 99.3 Å². The van der Waals surface area contributed by atoms with Crippen LogP contribution in [-0.4, -0.2) is 26.3 Å². The van der Waals surface area contributed by atoms with E-state index < -0.39 is 0 Å². The van der Waals surface area contributed by atoms with Crippen molar-refractivity contribution in [1.82, 2.24) is 25.1 Å². The van der Waals surface area contributed by atoms with Crippen LogP contribution in [0.5, 0.6) is 0 Å². The van der Waals surface area contributed by atoms with Crippen LogP contribution in [0.2, 0.25) is 0 Å². The fourth-order valence-corrected chi connectivity index (χ4v) is 1.87. The van der Waals surface area contributed by atoms with Crippen LogP contribution in [0, 0.1) is 0 Å². The molecule has 3 heterocycles. The first-order valence-corrected chi connectivity index (χ1v) is 4.97. The molecular formula is C10H12ClN5. The molecule has 0 unspecified atom stereocenters. The lowest BCUT2D eigenvalue weighted by atomic mass is 10.1. The van der Waals surface area contributed by atoms with Gasteiger partial charge in [0.2, 0.25) is 0 Å². The van der Waals surface area contributed by atoms with E-state index >= 15 is 0 Å². The van der Waals surface area contributed by atoms with Crippen molar-refractivity contribution in [2.45, 2.75) is 13.0 Å².